The number of hydrogen-bond donors (Lipinski definition) is 0. The average Bonchev–Trinajstić information content (AvgIpc) is 3.83. The minimum absolute atomic E-state index is 0.434. The zero-order valence-corrected chi connectivity index (χ0v) is 32.1. The van der Waals surface area contributed by atoms with Gasteiger partial charge in [-0.3, -0.25) is 0 Å². The molecule has 0 N–H and O–H groups in total. The molecule has 0 aliphatic heterocycles. The van der Waals surface area contributed by atoms with Crippen molar-refractivity contribution in [3.63, 3.8) is 0 Å². The molecule has 12 rings (SSSR count). The van der Waals surface area contributed by atoms with Crippen LogP contribution in [0, 0.1) is 5.92 Å². The number of aromatic nitrogens is 1. The maximum Gasteiger partial charge on any atom is 0.159 e. The highest BCUT2D eigenvalue weighted by atomic mass is 16.3. The Labute approximate surface area is 336 Å². The van der Waals surface area contributed by atoms with Gasteiger partial charge in [-0.05, 0) is 129 Å². The summed E-state index contributed by atoms with van der Waals surface area (Å²) < 4.78 is 9.40. The van der Waals surface area contributed by atoms with Gasteiger partial charge in [-0.25, -0.2) is 0 Å². The van der Waals surface area contributed by atoms with Crippen LogP contribution in [-0.4, -0.2) is 4.57 Å². The van der Waals surface area contributed by atoms with E-state index in [9.17, 15) is 0 Å². The van der Waals surface area contributed by atoms with Gasteiger partial charge in [0.15, 0.2) is 5.58 Å². The number of anilines is 3. The third-order valence-electron chi connectivity index (χ3n) is 12.3. The van der Waals surface area contributed by atoms with Crippen molar-refractivity contribution in [2.75, 3.05) is 4.90 Å². The molecule has 2 heterocycles. The molecular formula is C55H38N2O. The first-order valence-electron chi connectivity index (χ1n) is 20.2. The molecule has 0 radical (unpaired) electrons. The number of allylic oxidation sites excluding steroid dienone is 1. The van der Waals surface area contributed by atoms with Crippen molar-refractivity contribution < 1.29 is 4.42 Å². The zero-order valence-electron chi connectivity index (χ0n) is 32.1. The Balaban J connectivity index is 1.14. The van der Waals surface area contributed by atoms with Gasteiger partial charge in [-0.1, -0.05) is 128 Å². The second-order valence-electron chi connectivity index (χ2n) is 15.7. The van der Waals surface area contributed by atoms with Crippen LogP contribution in [0.5, 0.6) is 0 Å². The van der Waals surface area contributed by atoms with E-state index in [4.69, 9.17) is 4.42 Å². The van der Waals surface area contributed by atoms with E-state index in [1.807, 2.05) is 0 Å². The molecule has 1 aliphatic carbocycles. The van der Waals surface area contributed by atoms with Crippen LogP contribution >= 0.6 is 0 Å². The van der Waals surface area contributed by atoms with Crippen LogP contribution in [0.3, 0.4) is 0 Å². The van der Waals surface area contributed by atoms with E-state index in [0.29, 0.717) is 5.92 Å². The topological polar surface area (TPSA) is 21.3 Å². The van der Waals surface area contributed by atoms with Crippen LogP contribution in [0.1, 0.15) is 18.2 Å². The number of nitrogens with zero attached hydrogens (tertiary/aromatic N) is 2. The molecule has 1 aliphatic rings. The van der Waals surface area contributed by atoms with Crippen molar-refractivity contribution in [2.24, 2.45) is 5.92 Å². The molecule has 3 nitrogen and oxygen atoms in total. The van der Waals surface area contributed by atoms with Crippen LogP contribution < -0.4 is 4.90 Å². The highest BCUT2D eigenvalue weighted by molar-refractivity contribution is 6.27. The molecule has 0 fully saturated rings. The Kier molecular flexibility index (Phi) is 7.27. The highest BCUT2D eigenvalue weighted by Crippen LogP contribution is 2.47. The highest BCUT2D eigenvalue weighted by Gasteiger charge is 2.26. The van der Waals surface area contributed by atoms with Gasteiger partial charge in [0.05, 0.1) is 11.0 Å². The van der Waals surface area contributed by atoms with Gasteiger partial charge in [0, 0.05) is 44.5 Å². The van der Waals surface area contributed by atoms with Crippen LogP contribution in [0.25, 0.3) is 88.0 Å². The molecule has 0 spiro atoms. The van der Waals surface area contributed by atoms with E-state index in [0.717, 1.165) is 51.5 Å². The van der Waals surface area contributed by atoms with E-state index in [1.165, 1.54) is 65.2 Å². The predicted octanol–water partition coefficient (Wildman–Crippen LogP) is 15.3. The van der Waals surface area contributed by atoms with E-state index in [2.05, 4.69) is 211 Å². The van der Waals surface area contributed by atoms with E-state index in [-0.39, 0.29) is 0 Å². The molecule has 1 unspecified atom stereocenters. The summed E-state index contributed by atoms with van der Waals surface area (Å²) in [7, 11) is 0. The second kappa shape index (κ2) is 12.8. The molecule has 1 atom stereocenters. The Bertz CT molecular complexity index is 3350. The first-order chi connectivity index (χ1) is 28.7. The van der Waals surface area contributed by atoms with E-state index in [1.54, 1.807) is 0 Å². The molecule has 274 valence electrons. The summed E-state index contributed by atoms with van der Waals surface area (Å²) in [5.41, 5.74) is 11.3. The maximum atomic E-state index is 6.97. The number of rotatable bonds is 5. The summed E-state index contributed by atoms with van der Waals surface area (Å²) in [6.45, 7) is 2.29. The third kappa shape index (κ3) is 4.93. The quantitative estimate of drug-likeness (QED) is 0.164. The van der Waals surface area contributed by atoms with E-state index < -0.39 is 0 Å². The number of para-hydroxylation sites is 3. The summed E-state index contributed by atoms with van der Waals surface area (Å²) in [6, 6.07) is 66.2. The van der Waals surface area contributed by atoms with Crippen LogP contribution in [0.15, 0.2) is 192 Å². The lowest BCUT2D eigenvalue weighted by molar-refractivity contribution is 0.585. The van der Waals surface area contributed by atoms with Gasteiger partial charge in [0.2, 0.25) is 0 Å². The maximum absolute atomic E-state index is 6.97. The standard InChI is InChI=1S/C55H38N2O/c1-35-24-31-52-49(32-35)50-34-47(36-25-30-45-43-20-9-8-18-41(43)42-19-10-11-21-44(42)48(45)33-36)53-46-22-12-13-23-51(46)57(54(53)55(50)58-52)40-28-26-39(27-29-40)56(37-14-4-2-5-15-37)38-16-6-3-7-17-38/h2-31,33-35H,32H2,1H3. The van der Waals surface area contributed by atoms with Crippen molar-refractivity contribution in [3.05, 3.63) is 199 Å². The molecule has 0 amide bonds. The van der Waals surface area contributed by atoms with Crippen molar-refractivity contribution in [3.8, 4) is 16.8 Å². The van der Waals surface area contributed by atoms with Crippen LogP contribution in [-0.2, 0) is 6.42 Å². The summed E-state index contributed by atoms with van der Waals surface area (Å²) in [5.74, 6) is 1.40. The van der Waals surface area contributed by atoms with Crippen LogP contribution in [0.4, 0.5) is 17.1 Å². The van der Waals surface area contributed by atoms with Crippen molar-refractivity contribution in [1.82, 2.24) is 4.57 Å². The predicted molar refractivity (Wildman–Crippen MR) is 245 cm³/mol. The molecular weight excluding hydrogens is 705 g/mol. The van der Waals surface area contributed by atoms with Gasteiger partial charge in [0.25, 0.3) is 0 Å². The lowest BCUT2D eigenvalue weighted by atomic mass is 9.89. The van der Waals surface area contributed by atoms with Crippen molar-refractivity contribution in [1.29, 1.82) is 0 Å². The Hall–Kier alpha value is -7.36. The largest absolute Gasteiger partial charge is 0.454 e. The molecule has 58 heavy (non-hydrogen) atoms. The van der Waals surface area contributed by atoms with Gasteiger partial charge in [0.1, 0.15) is 5.76 Å². The lowest BCUT2D eigenvalue weighted by Crippen LogP contribution is -2.09. The Morgan fingerprint density at radius 1 is 0.517 bits per heavy atom. The minimum atomic E-state index is 0.434. The molecule has 2 aromatic heterocycles. The number of benzene rings is 9. The minimum Gasteiger partial charge on any atom is -0.454 e. The lowest BCUT2D eigenvalue weighted by Gasteiger charge is -2.25. The van der Waals surface area contributed by atoms with Crippen LogP contribution in [0.2, 0.25) is 0 Å². The number of furan rings is 1. The molecule has 0 saturated heterocycles. The summed E-state index contributed by atoms with van der Waals surface area (Å²) in [6.07, 6.45) is 5.41. The third-order valence-corrected chi connectivity index (χ3v) is 12.3. The Morgan fingerprint density at radius 2 is 1.07 bits per heavy atom. The first kappa shape index (κ1) is 32.8. The fourth-order valence-electron chi connectivity index (χ4n) is 9.68. The summed E-state index contributed by atoms with van der Waals surface area (Å²) >= 11 is 0. The smallest absolute Gasteiger partial charge is 0.159 e. The fraction of sp³-hybridized carbons (Fsp3) is 0.0545. The van der Waals surface area contributed by atoms with Gasteiger partial charge < -0.3 is 13.9 Å². The summed E-state index contributed by atoms with van der Waals surface area (Å²) in [5, 5.41) is 11.3. The van der Waals surface area contributed by atoms with Crippen molar-refractivity contribution >= 4 is 88.2 Å². The van der Waals surface area contributed by atoms with E-state index >= 15 is 0 Å². The van der Waals surface area contributed by atoms with Gasteiger partial charge in [-0.2, -0.15) is 0 Å². The molecule has 3 heteroatoms. The monoisotopic (exact) mass is 742 g/mol. The summed E-state index contributed by atoms with van der Waals surface area (Å²) in [4.78, 5) is 2.31. The van der Waals surface area contributed by atoms with Crippen molar-refractivity contribution in [2.45, 2.75) is 13.3 Å². The molecule has 0 bridgehead atoms. The van der Waals surface area contributed by atoms with Gasteiger partial charge >= 0.3 is 0 Å². The van der Waals surface area contributed by atoms with Gasteiger partial charge in [-0.15, -0.1) is 0 Å². The SMILES string of the molecule is CC1C=Cc2oc3c(cc(-c4ccc5c6ccccc6c6ccccc6c5c4)c4c5ccccc5n(-c5ccc(N(c6ccccc6)c6ccccc6)cc5)c34)c2C1. The zero-order chi connectivity index (χ0) is 38.3. The fourth-order valence-corrected chi connectivity index (χ4v) is 9.68. The normalized spacial score (nSPS) is 14.0. The Morgan fingerprint density at radius 3 is 1.72 bits per heavy atom. The first-order valence-corrected chi connectivity index (χ1v) is 20.2. The molecule has 9 aromatic carbocycles. The molecule has 11 aromatic rings. The number of fused-ring (bicyclic) bond motifs is 13. The average molecular weight is 743 g/mol. The second-order valence-corrected chi connectivity index (χ2v) is 15.7. The number of hydrogen-bond acceptors (Lipinski definition) is 2. The molecule has 0 saturated carbocycles.